The third kappa shape index (κ3) is 5.10. The lowest BCUT2D eigenvalue weighted by atomic mass is 9.94. The van der Waals surface area contributed by atoms with Crippen LogP contribution in [0.4, 0.5) is 5.13 Å². The predicted octanol–water partition coefficient (Wildman–Crippen LogP) is 4.74. The second-order valence-corrected chi connectivity index (χ2v) is 11.3. The number of para-hydroxylation sites is 1. The molecule has 1 fully saturated rings. The van der Waals surface area contributed by atoms with Crippen LogP contribution in [0.2, 0.25) is 0 Å². The smallest absolute Gasteiger partial charge is 0.257 e. The molecule has 2 aromatic carbocycles. The molecule has 4 rings (SSSR count). The number of piperidine rings is 1. The topological polar surface area (TPSA) is 88.6 Å². The Kier molecular flexibility index (Phi) is 6.83. The van der Waals surface area contributed by atoms with Crippen LogP contribution < -0.4 is 10.1 Å². The summed E-state index contributed by atoms with van der Waals surface area (Å²) in [4.78, 5) is 17.4. The monoisotopic (exact) mass is 485 g/mol. The number of anilines is 1. The zero-order valence-corrected chi connectivity index (χ0v) is 20.4. The van der Waals surface area contributed by atoms with Gasteiger partial charge in [-0.05, 0) is 54.7 Å². The highest BCUT2D eigenvalue weighted by atomic mass is 32.2. The number of amides is 1. The number of carbonyl (C=O) groups excluding carboxylic acids is 1. The van der Waals surface area contributed by atoms with Crippen molar-refractivity contribution < 1.29 is 17.9 Å². The molecule has 1 aliphatic rings. The third-order valence-electron chi connectivity index (χ3n) is 5.70. The van der Waals surface area contributed by atoms with Gasteiger partial charge in [-0.25, -0.2) is 13.4 Å². The Hall–Kier alpha value is -2.75. The van der Waals surface area contributed by atoms with E-state index in [0.717, 1.165) is 12.0 Å². The molecule has 2 atom stereocenters. The number of carbonyl (C=O) groups is 1. The van der Waals surface area contributed by atoms with E-state index in [1.54, 1.807) is 11.4 Å². The van der Waals surface area contributed by atoms with Crippen LogP contribution in [0.15, 0.2) is 58.8 Å². The zero-order chi connectivity index (χ0) is 23.6. The van der Waals surface area contributed by atoms with Gasteiger partial charge in [0.05, 0.1) is 17.7 Å². The average Bonchev–Trinajstić information content (AvgIpc) is 3.26. The minimum Gasteiger partial charge on any atom is -0.496 e. The van der Waals surface area contributed by atoms with E-state index in [9.17, 15) is 13.2 Å². The molecule has 1 aliphatic heterocycles. The van der Waals surface area contributed by atoms with Gasteiger partial charge in [-0.1, -0.05) is 26.0 Å². The van der Waals surface area contributed by atoms with Crippen molar-refractivity contribution >= 4 is 32.4 Å². The summed E-state index contributed by atoms with van der Waals surface area (Å²) in [6, 6.07) is 13.6. The Labute approximate surface area is 198 Å². The molecule has 1 amide bonds. The van der Waals surface area contributed by atoms with Crippen molar-refractivity contribution in [3.63, 3.8) is 0 Å². The Morgan fingerprint density at radius 2 is 1.76 bits per heavy atom. The number of rotatable bonds is 6. The number of hydrogen-bond donors (Lipinski definition) is 1. The maximum atomic E-state index is 13.0. The van der Waals surface area contributed by atoms with Gasteiger partial charge in [0.1, 0.15) is 5.75 Å². The van der Waals surface area contributed by atoms with Crippen molar-refractivity contribution in [1.29, 1.82) is 0 Å². The van der Waals surface area contributed by atoms with Gasteiger partial charge in [0.25, 0.3) is 5.91 Å². The highest BCUT2D eigenvalue weighted by Gasteiger charge is 2.31. The molecule has 0 spiro atoms. The van der Waals surface area contributed by atoms with Crippen LogP contribution in [0, 0.1) is 11.8 Å². The number of benzene rings is 2. The fraction of sp³-hybridized carbons (Fsp3) is 0.333. The van der Waals surface area contributed by atoms with E-state index >= 15 is 0 Å². The Balaban J connectivity index is 1.47. The number of thiazole rings is 1. The summed E-state index contributed by atoms with van der Waals surface area (Å²) in [5.74, 6) is 1.01. The summed E-state index contributed by atoms with van der Waals surface area (Å²) in [7, 11) is -1.98. The molecule has 0 aliphatic carbocycles. The summed E-state index contributed by atoms with van der Waals surface area (Å²) >= 11 is 1.31. The van der Waals surface area contributed by atoms with E-state index in [4.69, 9.17) is 4.74 Å². The molecular weight excluding hydrogens is 458 g/mol. The zero-order valence-electron chi connectivity index (χ0n) is 18.8. The second kappa shape index (κ2) is 9.62. The average molecular weight is 486 g/mol. The lowest BCUT2D eigenvalue weighted by Gasteiger charge is -2.34. The minimum absolute atomic E-state index is 0.202. The van der Waals surface area contributed by atoms with Crippen LogP contribution >= 0.6 is 11.3 Å². The van der Waals surface area contributed by atoms with Gasteiger partial charge in [-0.3, -0.25) is 10.1 Å². The summed E-state index contributed by atoms with van der Waals surface area (Å²) in [6.07, 6.45) is 1.03. The van der Waals surface area contributed by atoms with E-state index in [1.807, 2.05) is 29.6 Å². The molecule has 2 heterocycles. The van der Waals surface area contributed by atoms with E-state index in [2.05, 4.69) is 24.1 Å². The maximum Gasteiger partial charge on any atom is 0.257 e. The van der Waals surface area contributed by atoms with Crippen LogP contribution in [0.25, 0.3) is 11.3 Å². The lowest BCUT2D eigenvalue weighted by Crippen LogP contribution is -2.42. The predicted molar refractivity (Wildman–Crippen MR) is 130 cm³/mol. The molecule has 1 N–H and O–H groups in total. The van der Waals surface area contributed by atoms with Crippen LogP contribution in [0.1, 0.15) is 30.6 Å². The normalized spacial score (nSPS) is 19.2. The number of nitrogens with zero attached hydrogens (tertiary/aromatic N) is 2. The summed E-state index contributed by atoms with van der Waals surface area (Å²) < 4.78 is 33.0. The number of methoxy groups -OCH3 is 1. The molecule has 0 radical (unpaired) electrons. The fourth-order valence-corrected chi connectivity index (χ4v) is 6.59. The van der Waals surface area contributed by atoms with Gasteiger partial charge in [-0.15, -0.1) is 11.3 Å². The van der Waals surface area contributed by atoms with E-state index in [1.165, 1.54) is 35.6 Å². The van der Waals surface area contributed by atoms with Gasteiger partial charge in [-0.2, -0.15) is 4.31 Å². The summed E-state index contributed by atoms with van der Waals surface area (Å²) in [5, 5.41) is 5.09. The molecule has 0 saturated carbocycles. The number of ether oxygens (including phenoxy) is 1. The van der Waals surface area contributed by atoms with Crippen molar-refractivity contribution in [3.8, 4) is 17.0 Å². The molecule has 1 saturated heterocycles. The van der Waals surface area contributed by atoms with E-state index < -0.39 is 10.0 Å². The van der Waals surface area contributed by atoms with Crippen LogP contribution in [0.5, 0.6) is 5.75 Å². The Bertz CT molecular complexity index is 1230. The molecule has 174 valence electrons. The third-order valence-corrected chi connectivity index (χ3v) is 8.30. The quantitative estimate of drug-likeness (QED) is 0.545. The first kappa shape index (κ1) is 23.4. The molecule has 9 heteroatoms. The van der Waals surface area contributed by atoms with Crippen LogP contribution in [-0.2, 0) is 10.0 Å². The second-order valence-electron chi connectivity index (χ2n) is 8.48. The molecular formula is C24H27N3O4S2. The van der Waals surface area contributed by atoms with Gasteiger partial charge in [0.2, 0.25) is 10.0 Å². The van der Waals surface area contributed by atoms with E-state index in [0.29, 0.717) is 47.1 Å². The number of nitrogens with one attached hydrogen (secondary N) is 1. The van der Waals surface area contributed by atoms with Crippen LogP contribution in [0.3, 0.4) is 0 Å². The molecule has 3 aromatic rings. The minimum atomic E-state index is -3.58. The number of hydrogen-bond acceptors (Lipinski definition) is 6. The first-order valence-corrected chi connectivity index (χ1v) is 13.1. The van der Waals surface area contributed by atoms with Gasteiger partial charge < -0.3 is 4.74 Å². The summed E-state index contributed by atoms with van der Waals surface area (Å²) in [6.45, 7) is 5.19. The Morgan fingerprint density at radius 1 is 1.09 bits per heavy atom. The van der Waals surface area contributed by atoms with Gasteiger partial charge in [0, 0.05) is 29.6 Å². The van der Waals surface area contributed by atoms with Crippen LogP contribution in [-0.4, -0.2) is 43.8 Å². The lowest BCUT2D eigenvalue weighted by molar-refractivity contribution is 0.102. The molecule has 0 bridgehead atoms. The summed E-state index contributed by atoms with van der Waals surface area (Å²) in [5.41, 5.74) is 1.91. The SMILES string of the molecule is COc1ccccc1-c1csc(NC(=O)c2ccc(S(=O)(=O)N3C[C@H](C)C[C@H](C)C3)cc2)n1. The Morgan fingerprint density at radius 3 is 2.42 bits per heavy atom. The number of sulfonamides is 1. The molecule has 1 aromatic heterocycles. The van der Waals surface area contributed by atoms with Crippen molar-refractivity contribution in [2.45, 2.75) is 25.2 Å². The molecule has 7 nitrogen and oxygen atoms in total. The molecule has 0 unspecified atom stereocenters. The fourth-order valence-electron chi connectivity index (χ4n) is 4.21. The van der Waals surface area contributed by atoms with Gasteiger partial charge >= 0.3 is 0 Å². The standard InChI is InChI=1S/C24H27N3O4S2/c1-16-12-17(2)14-27(13-16)33(29,30)19-10-8-18(9-11-19)23(28)26-24-25-21(15-32-24)20-6-4-5-7-22(20)31-3/h4-11,15-17H,12-14H2,1-3H3,(H,25,26,28)/t16-,17+. The first-order chi connectivity index (χ1) is 15.8. The number of aromatic nitrogens is 1. The van der Waals surface area contributed by atoms with Crippen molar-refractivity contribution in [2.24, 2.45) is 11.8 Å². The van der Waals surface area contributed by atoms with Crippen molar-refractivity contribution in [2.75, 3.05) is 25.5 Å². The van der Waals surface area contributed by atoms with Crippen molar-refractivity contribution in [3.05, 3.63) is 59.5 Å². The molecule has 33 heavy (non-hydrogen) atoms. The maximum absolute atomic E-state index is 13.0. The van der Waals surface area contributed by atoms with Gasteiger partial charge in [0.15, 0.2) is 5.13 Å². The van der Waals surface area contributed by atoms with Crippen molar-refractivity contribution in [1.82, 2.24) is 9.29 Å². The highest BCUT2D eigenvalue weighted by Crippen LogP contribution is 2.32. The highest BCUT2D eigenvalue weighted by molar-refractivity contribution is 7.89. The van der Waals surface area contributed by atoms with E-state index in [-0.39, 0.29) is 10.8 Å². The largest absolute Gasteiger partial charge is 0.496 e. The first-order valence-electron chi connectivity index (χ1n) is 10.8.